The third-order valence-corrected chi connectivity index (χ3v) is 6.37. The van der Waals surface area contributed by atoms with Gasteiger partial charge >= 0.3 is 5.97 Å². The van der Waals surface area contributed by atoms with Crippen molar-refractivity contribution in [3.63, 3.8) is 0 Å². The maximum atomic E-state index is 12.7. The number of anilines is 1. The second-order valence-electron chi connectivity index (χ2n) is 7.44. The Morgan fingerprint density at radius 1 is 1.17 bits per heavy atom. The Labute approximate surface area is 184 Å². The van der Waals surface area contributed by atoms with Gasteiger partial charge in [-0.05, 0) is 49.1 Å². The molecule has 0 atom stereocenters. The molecule has 1 aliphatic carbocycles. The second kappa shape index (κ2) is 8.58. The molecule has 1 heterocycles. The number of carbonyl (C=O) groups is 2. The fourth-order valence-corrected chi connectivity index (χ4v) is 4.23. The summed E-state index contributed by atoms with van der Waals surface area (Å²) in [6, 6.07) is 15.0. The first kappa shape index (κ1) is 20.6. The van der Waals surface area contributed by atoms with Crippen molar-refractivity contribution in [2.45, 2.75) is 38.2 Å². The Bertz CT molecular complexity index is 1070. The monoisotopic (exact) mass is 440 g/mol. The van der Waals surface area contributed by atoms with Crippen LogP contribution < -0.4 is 5.32 Å². The maximum absolute atomic E-state index is 12.7. The fourth-order valence-electron chi connectivity index (χ4n) is 3.32. The zero-order valence-electron chi connectivity index (χ0n) is 16.5. The van der Waals surface area contributed by atoms with Crippen LogP contribution in [0.4, 0.5) is 5.69 Å². The quantitative estimate of drug-likeness (QED) is 0.521. The van der Waals surface area contributed by atoms with Gasteiger partial charge in [0.2, 0.25) is 5.91 Å². The van der Waals surface area contributed by atoms with Crippen LogP contribution in [-0.4, -0.2) is 16.9 Å². The fraction of sp³-hybridized carbons (Fsp3) is 0.261. The average molecular weight is 441 g/mol. The Hall–Kier alpha value is -2.70. The minimum absolute atomic E-state index is 0.101. The lowest BCUT2D eigenvalue weighted by atomic mass is 9.96. The van der Waals surface area contributed by atoms with Gasteiger partial charge in [-0.3, -0.25) is 9.59 Å². The molecule has 30 heavy (non-hydrogen) atoms. The standard InChI is InChI=1S/C23H21ClN2O3S/c1-15-4-2-3-5-19(15)26-20(27)12-21-25-18(14-30-21)13-29-22(28)23(10-11-23)16-6-8-17(24)9-7-16/h2-9,14H,10-13H2,1H3,(H,26,27). The first-order valence-corrected chi connectivity index (χ1v) is 10.9. The number of halogens is 1. The van der Waals surface area contributed by atoms with E-state index in [0.717, 1.165) is 29.7 Å². The second-order valence-corrected chi connectivity index (χ2v) is 8.82. The Morgan fingerprint density at radius 3 is 2.60 bits per heavy atom. The Kier molecular flexibility index (Phi) is 5.88. The van der Waals surface area contributed by atoms with E-state index in [1.807, 2.05) is 48.7 Å². The summed E-state index contributed by atoms with van der Waals surface area (Å²) in [5.41, 5.74) is 2.83. The predicted octanol–water partition coefficient (Wildman–Crippen LogP) is 5.06. The van der Waals surface area contributed by atoms with Gasteiger partial charge in [-0.25, -0.2) is 4.98 Å². The minimum atomic E-state index is -0.559. The van der Waals surface area contributed by atoms with Crippen LogP contribution in [0.3, 0.4) is 0 Å². The lowest BCUT2D eigenvalue weighted by molar-refractivity contribution is -0.148. The number of nitrogens with one attached hydrogen (secondary N) is 1. The minimum Gasteiger partial charge on any atom is -0.458 e. The van der Waals surface area contributed by atoms with Crippen LogP contribution in [0.15, 0.2) is 53.9 Å². The average Bonchev–Trinajstić information content (AvgIpc) is 3.43. The highest BCUT2D eigenvalue weighted by Gasteiger charge is 2.52. The summed E-state index contributed by atoms with van der Waals surface area (Å²) >= 11 is 7.33. The SMILES string of the molecule is Cc1ccccc1NC(=O)Cc1nc(COC(=O)C2(c3ccc(Cl)cc3)CC2)cs1. The molecule has 0 bridgehead atoms. The summed E-state index contributed by atoms with van der Waals surface area (Å²) in [6.45, 7) is 2.05. The van der Waals surface area contributed by atoms with Crippen LogP contribution in [0, 0.1) is 6.92 Å². The zero-order valence-corrected chi connectivity index (χ0v) is 18.1. The summed E-state index contributed by atoms with van der Waals surface area (Å²) in [7, 11) is 0. The van der Waals surface area contributed by atoms with Crippen molar-refractivity contribution in [1.82, 2.24) is 4.98 Å². The van der Waals surface area contributed by atoms with Crippen molar-refractivity contribution in [3.05, 3.63) is 80.8 Å². The number of amides is 1. The van der Waals surface area contributed by atoms with E-state index in [1.165, 1.54) is 11.3 Å². The number of aryl methyl sites for hydroxylation is 1. The molecule has 1 amide bonds. The first-order valence-electron chi connectivity index (χ1n) is 9.68. The van der Waals surface area contributed by atoms with Crippen LogP contribution in [-0.2, 0) is 32.8 Å². The van der Waals surface area contributed by atoms with Crippen molar-refractivity contribution < 1.29 is 14.3 Å². The van der Waals surface area contributed by atoms with Gasteiger partial charge < -0.3 is 10.1 Å². The number of para-hydroxylation sites is 1. The van der Waals surface area contributed by atoms with E-state index in [4.69, 9.17) is 16.3 Å². The highest BCUT2D eigenvalue weighted by molar-refractivity contribution is 7.09. The van der Waals surface area contributed by atoms with Crippen LogP contribution in [0.2, 0.25) is 5.02 Å². The van der Waals surface area contributed by atoms with E-state index in [2.05, 4.69) is 10.3 Å². The number of hydrogen-bond acceptors (Lipinski definition) is 5. The Balaban J connectivity index is 1.31. The van der Waals surface area contributed by atoms with Crippen LogP contribution in [0.1, 0.15) is 34.7 Å². The number of benzene rings is 2. The lowest BCUT2D eigenvalue weighted by Crippen LogP contribution is -2.23. The molecular formula is C23H21ClN2O3S. The van der Waals surface area contributed by atoms with Gasteiger partial charge in [-0.1, -0.05) is 41.9 Å². The molecule has 1 aromatic heterocycles. The topological polar surface area (TPSA) is 68.3 Å². The highest BCUT2D eigenvalue weighted by Crippen LogP contribution is 2.49. The molecule has 3 aromatic rings. The number of carbonyl (C=O) groups excluding carboxylic acids is 2. The number of aromatic nitrogens is 1. The number of nitrogens with zero attached hydrogens (tertiary/aromatic N) is 1. The van der Waals surface area contributed by atoms with Crippen molar-refractivity contribution in [2.24, 2.45) is 0 Å². The van der Waals surface area contributed by atoms with Crippen LogP contribution in [0.25, 0.3) is 0 Å². The number of esters is 1. The molecule has 154 valence electrons. The van der Waals surface area contributed by atoms with Gasteiger partial charge in [0, 0.05) is 16.1 Å². The van der Waals surface area contributed by atoms with Crippen molar-refractivity contribution in [2.75, 3.05) is 5.32 Å². The summed E-state index contributed by atoms with van der Waals surface area (Å²) in [5.74, 6) is -0.362. The molecule has 0 unspecified atom stereocenters. The number of rotatable bonds is 7. The van der Waals surface area contributed by atoms with E-state index >= 15 is 0 Å². The highest BCUT2D eigenvalue weighted by atomic mass is 35.5. The van der Waals surface area contributed by atoms with Crippen LogP contribution >= 0.6 is 22.9 Å². The Morgan fingerprint density at radius 2 is 1.90 bits per heavy atom. The molecule has 1 fully saturated rings. The van der Waals surface area contributed by atoms with Gasteiger partial charge in [0.05, 0.1) is 17.5 Å². The molecule has 2 aromatic carbocycles. The molecule has 0 saturated heterocycles. The smallest absolute Gasteiger partial charge is 0.316 e. The molecule has 7 heteroatoms. The van der Waals surface area contributed by atoms with Crippen molar-refractivity contribution in [1.29, 1.82) is 0 Å². The normalized spacial score (nSPS) is 14.2. The molecular weight excluding hydrogens is 420 g/mol. The zero-order chi connectivity index (χ0) is 21.1. The summed E-state index contributed by atoms with van der Waals surface area (Å²) < 4.78 is 5.54. The molecule has 1 saturated carbocycles. The molecule has 4 rings (SSSR count). The largest absolute Gasteiger partial charge is 0.458 e. The molecule has 0 radical (unpaired) electrons. The third kappa shape index (κ3) is 4.55. The van der Waals surface area contributed by atoms with E-state index < -0.39 is 5.41 Å². The number of thiazole rings is 1. The molecule has 1 N–H and O–H groups in total. The van der Waals surface area contributed by atoms with Gasteiger partial charge in [-0.2, -0.15) is 0 Å². The molecule has 0 aliphatic heterocycles. The van der Waals surface area contributed by atoms with Gasteiger partial charge in [-0.15, -0.1) is 11.3 Å². The predicted molar refractivity (Wildman–Crippen MR) is 118 cm³/mol. The van der Waals surface area contributed by atoms with E-state index in [0.29, 0.717) is 15.7 Å². The van der Waals surface area contributed by atoms with Gasteiger partial charge in [0.25, 0.3) is 0 Å². The van der Waals surface area contributed by atoms with E-state index in [-0.39, 0.29) is 24.9 Å². The summed E-state index contributed by atoms with van der Waals surface area (Å²) in [6.07, 6.45) is 1.73. The molecule has 5 nitrogen and oxygen atoms in total. The van der Waals surface area contributed by atoms with E-state index in [1.54, 1.807) is 12.1 Å². The number of hydrogen-bond donors (Lipinski definition) is 1. The number of ether oxygens (including phenoxy) is 1. The van der Waals surface area contributed by atoms with Crippen molar-refractivity contribution >= 4 is 40.5 Å². The van der Waals surface area contributed by atoms with Crippen LogP contribution in [0.5, 0.6) is 0 Å². The maximum Gasteiger partial charge on any atom is 0.316 e. The van der Waals surface area contributed by atoms with Gasteiger partial charge in [0.1, 0.15) is 11.6 Å². The first-order chi connectivity index (χ1) is 14.5. The molecule has 0 spiro atoms. The third-order valence-electron chi connectivity index (χ3n) is 5.22. The van der Waals surface area contributed by atoms with Crippen molar-refractivity contribution in [3.8, 4) is 0 Å². The lowest BCUT2D eigenvalue weighted by Gasteiger charge is -2.14. The summed E-state index contributed by atoms with van der Waals surface area (Å²) in [5, 5.41) is 6.06. The molecule has 1 aliphatic rings. The van der Waals surface area contributed by atoms with E-state index in [9.17, 15) is 9.59 Å². The summed E-state index contributed by atoms with van der Waals surface area (Å²) in [4.78, 5) is 29.4. The van der Waals surface area contributed by atoms with Gasteiger partial charge in [0.15, 0.2) is 0 Å².